The van der Waals surface area contributed by atoms with Crippen LogP contribution in [-0.4, -0.2) is 69.9 Å². The molecule has 1 aromatic carbocycles. The van der Waals surface area contributed by atoms with Crippen LogP contribution in [0.4, 0.5) is 0 Å². The first-order chi connectivity index (χ1) is 12.9. The number of unbranched alkanes of at least 4 members (excludes halogenated alkanes) is 1. The van der Waals surface area contributed by atoms with Crippen molar-refractivity contribution in [2.45, 2.75) is 26.2 Å². The number of guanidine groups is 1. The fourth-order valence-electron chi connectivity index (χ4n) is 2.80. The lowest BCUT2D eigenvalue weighted by molar-refractivity contribution is 0.0372. The average Bonchev–Trinajstić information content (AvgIpc) is 2.69. The van der Waals surface area contributed by atoms with Gasteiger partial charge < -0.3 is 20.1 Å². The molecule has 27 heavy (non-hydrogen) atoms. The van der Waals surface area contributed by atoms with E-state index in [0.29, 0.717) is 6.61 Å². The highest BCUT2D eigenvalue weighted by Gasteiger charge is 2.09. The Balaban J connectivity index is 0.00000364. The van der Waals surface area contributed by atoms with Crippen molar-refractivity contribution in [3.63, 3.8) is 0 Å². The second-order valence-corrected chi connectivity index (χ2v) is 6.36. The molecule has 1 aliphatic heterocycles. The molecule has 0 unspecified atom stereocenters. The fraction of sp³-hybridized carbons (Fsp3) is 0.650. The summed E-state index contributed by atoms with van der Waals surface area (Å²) in [5.74, 6) is 1.82. The van der Waals surface area contributed by atoms with E-state index in [2.05, 4.69) is 27.4 Å². The molecule has 1 fully saturated rings. The van der Waals surface area contributed by atoms with E-state index in [1.807, 2.05) is 30.3 Å². The maximum absolute atomic E-state index is 5.69. The highest BCUT2D eigenvalue weighted by molar-refractivity contribution is 14.0. The van der Waals surface area contributed by atoms with Gasteiger partial charge in [-0.1, -0.05) is 18.2 Å². The SMILES string of the molecule is CCNC(=NCCCOc1ccccc1)NCCCCN1CCOCC1.I. The number of hydrogen-bond donors (Lipinski definition) is 2. The van der Waals surface area contributed by atoms with Gasteiger partial charge >= 0.3 is 0 Å². The highest BCUT2D eigenvalue weighted by atomic mass is 127. The molecule has 0 aromatic heterocycles. The zero-order valence-electron chi connectivity index (χ0n) is 16.5. The molecule has 1 aromatic rings. The van der Waals surface area contributed by atoms with Gasteiger partial charge in [-0.25, -0.2) is 0 Å². The molecule has 0 spiro atoms. The number of halogens is 1. The monoisotopic (exact) mass is 490 g/mol. The van der Waals surface area contributed by atoms with Crippen LogP contribution in [0.3, 0.4) is 0 Å². The Morgan fingerprint density at radius 1 is 1.11 bits per heavy atom. The number of hydrogen-bond acceptors (Lipinski definition) is 4. The molecule has 0 atom stereocenters. The first kappa shape index (κ1) is 24.0. The van der Waals surface area contributed by atoms with Gasteiger partial charge in [-0.05, 0) is 38.4 Å². The first-order valence-corrected chi connectivity index (χ1v) is 9.88. The van der Waals surface area contributed by atoms with Crippen LogP contribution in [0.1, 0.15) is 26.2 Å². The van der Waals surface area contributed by atoms with E-state index >= 15 is 0 Å². The van der Waals surface area contributed by atoms with E-state index < -0.39 is 0 Å². The van der Waals surface area contributed by atoms with Crippen molar-refractivity contribution in [1.82, 2.24) is 15.5 Å². The third-order valence-corrected chi connectivity index (χ3v) is 4.23. The Kier molecular flexibility index (Phi) is 14.2. The second-order valence-electron chi connectivity index (χ2n) is 6.36. The van der Waals surface area contributed by atoms with E-state index in [4.69, 9.17) is 9.47 Å². The Morgan fingerprint density at radius 2 is 1.89 bits per heavy atom. The number of morpholine rings is 1. The number of nitrogens with one attached hydrogen (secondary N) is 2. The molecule has 0 saturated carbocycles. The van der Waals surface area contributed by atoms with Gasteiger partial charge in [0.05, 0.1) is 19.8 Å². The minimum absolute atomic E-state index is 0. The van der Waals surface area contributed by atoms with Crippen LogP contribution in [0.2, 0.25) is 0 Å². The minimum atomic E-state index is 0. The molecule has 7 heteroatoms. The van der Waals surface area contributed by atoms with Crippen molar-refractivity contribution in [1.29, 1.82) is 0 Å². The van der Waals surface area contributed by atoms with E-state index in [1.165, 1.54) is 6.42 Å². The number of rotatable bonds is 11. The third-order valence-electron chi connectivity index (χ3n) is 4.23. The highest BCUT2D eigenvalue weighted by Crippen LogP contribution is 2.08. The maximum atomic E-state index is 5.69. The molecule has 0 radical (unpaired) electrons. The first-order valence-electron chi connectivity index (χ1n) is 9.88. The Morgan fingerprint density at radius 3 is 2.63 bits per heavy atom. The number of para-hydroxylation sites is 1. The average molecular weight is 490 g/mol. The summed E-state index contributed by atoms with van der Waals surface area (Å²) in [7, 11) is 0. The van der Waals surface area contributed by atoms with Crippen molar-refractivity contribution < 1.29 is 9.47 Å². The summed E-state index contributed by atoms with van der Waals surface area (Å²) in [5.41, 5.74) is 0. The van der Waals surface area contributed by atoms with Gasteiger partial charge in [-0.3, -0.25) is 9.89 Å². The van der Waals surface area contributed by atoms with Crippen molar-refractivity contribution in [3.8, 4) is 5.75 Å². The van der Waals surface area contributed by atoms with E-state index in [1.54, 1.807) is 0 Å². The lowest BCUT2D eigenvalue weighted by Crippen LogP contribution is -2.39. The fourth-order valence-corrected chi connectivity index (χ4v) is 2.80. The largest absolute Gasteiger partial charge is 0.494 e. The number of aliphatic imine (C=N–C) groups is 1. The molecule has 0 amide bonds. The number of ether oxygens (including phenoxy) is 2. The third kappa shape index (κ3) is 11.4. The van der Waals surface area contributed by atoms with Crippen molar-refractivity contribution in [3.05, 3.63) is 30.3 Å². The van der Waals surface area contributed by atoms with Crippen LogP contribution in [-0.2, 0) is 4.74 Å². The zero-order chi connectivity index (χ0) is 18.3. The van der Waals surface area contributed by atoms with Crippen molar-refractivity contribution in [2.75, 3.05) is 59.1 Å². The zero-order valence-corrected chi connectivity index (χ0v) is 18.8. The van der Waals surface area contributed by atoms with Crippen LogP contribution >= 0.6 is 24.0 Å². The van der Waals surface area contributed by atoms with Crippen molar-refractivity contribution >= 4 is 29.9 Å². The molecule has 0 bridgehead atoms. The molecule has 0 aliphatic carbocycles. The lowest BCUT2D eigenvalue weighted by atomic mass is 10.3. The lowest BCUT2D eigenvalue weighted by Gasteiger charge is -2.26. The number of nitrogens with zero attached hydrogens (tertiary/aromatic N) is 2. The Hall–Kier alpha value is -1.06. The summed E-state index contributed by atoms with van der Waals surface area (Å²) in [6.45, 7) is 10.4. The van der Waals surface area contributed by atoms with Crippen LogP contribution in [0.15, 0.2) is 35.3 Å². The Labute approximate surface area is 181 Å². The summed E-state index contributed by atoms with van der Waals surface area (Å²) < 4.78 is 11.1. The standard InChI is InChI=1S/C20H34N4O2.HI/c1-2-21-20(22-11-6-7-13-24-14-17-25-18-15-24)23-12-8-16-26-19-9-4-3-5-10-19;/h3-5,9-10H,2,6-8,11-18H2,1H3,(H2,21,22,23);1H. The quantitative estimate of drug-likeness (QED) is 0.216. The molecule has 154 valence electrons. The van der Waals surface area contributed by atoms with Crippen LogP contribution in [0, 0.1) is 0 Å². The van der Waals surface area contributed by atoms with Gasteiger partial charge in [0.25, 0.3) is 0 Å². The number of benzene rings is 1. The van der Waals surface area contributed by atoms with Gasteiger partial charge in [-0.2, -0.15) is 0 Å². The summed E-state index contributed by atoms with van der Waals surface area (Å²) in [6.07, 6.45) is 3.26. The van der Waals surface area contributed by atoms with Gasteiger partial charge in [0.2, 0.25) is 0 Å². The van der Waals surface area contributed by atoms with Crippen LogP contribution in [0.5, 0.6) is 5.75 Å². The van der Waals surface area contributed by atoms with Crippen LogP contribution in [0.25, 0.3) is 0 Å². The maximum Gasteiger partial charge on any atom is 0.191 e. The van der Waals surface area contributed by atoms with Gasteiger partial charge in [0, 0.05) is 39.1 Å². The summed E-state index contributed by atoms with van der Waals surface area (Å²) in [5, 5.41) is 6.72. The smallest absolute Gasteiger partial charge is 0.191 e. The second kappa shape index (κ2) is 15.9. The summed E-state index contributed by atoms with van der Waals surface area (Å²) in [4.78, 5) is 7.10. The van der Waals surface area contributed by atoms with Crippen LogP contribution < -0.4 is 15.4 Å². The predicted molar refractivity (Wildman–Crippen MR) is 122 cm³/mol. The van der Waals surface area contributed by atoms with E-state index in [0.717, 1.165) is 77.0 Å². The van der Waals surface area contributed by atoms with E-state index in [-0.39, 0.29) is 24.0 Å². The molecule has 6 nitrogen and oxygen atoms in total. The molecule has 2 N–H and O–H groups in total. The summed E-state index contributed by atoms with van der Waals surface area (Å²) >= 11 is 0. The molecule has 2 rings (SSSR count). The topological polar surface area (TPSA) is 58.1 Å². The molecular weight excluding hydrogens is 455 g/mol. The normalized spacial score (nSPS) is 15.1. The van der Waals surface area contributed by atoms with Crippen molar-refractivity contribution in [2.24, 2.45) is 4.99 Å². The minimum Gasteiger partial charge on any atom is -0.494 e. The van der Waals surface area contributed by atoms with Gasteiger partial charge in [0.1, 0.15) is 5.75 Å². The predicted octanol–water partition coefficient (Wildman–Crippen LogP) is 2.74. The molecule has 1 aliphatic rings. The van der Waals surface area contributed by atoms with Gasteiger partial charge in [-0.15, -0.1) is 24.0 Å². The molecule has 1 heterocycles. The molecular formula is C20H35IN4O2. The Bertz CT molecular complexity index is 496. The summed E-state index contributed by atoms with van der Waals surface area (Å²) in [6, 6.07) is 9.92. The van der Waals surface area contributed by atoms with E-state index in [9.17, 15) is 0 Å². The molecule has 1 saturated heterocycles. The van der Waals surface area contributed by atoms with Gasteiger partial charge in [0.15, 0.2) is 5.96 Å².